The highest BCUT2D eigenvalue weighted by Gasteiger charge is 2.17. The minimum Gasteiger partial charge on any atom is -0.384 e. The number of rotatable bonds is 4. The van der Waals surface area contributed by atoms with Crippen LogP contribution in [0.5, 0.6) is 0 Å². The van der Waals surface area contributed by atoms with Gasteiger partial charge in [-0.1, -0.05) is 19.3 Å². The predicted octanol–water partition coefficient (Wildman–Crippen LogP) is 1.58. The second kappa shape index (κ2) is 4.96. The predicted molar refractivity (Wildman–Crippen MR) is 62.9 cm³/mol. The van der Waals surface area contributed by atoms with Gasteiger partial charge in [0.25, 0.3) is 5.91 Å². The molecule has 1 aliphatic rings. The molecule has 0 bridgehead atoms. The highest BCUT2D eigenvalue weighted by molar-refractivity contribution is 5.94. The summed E-state index contributed by atoms with van der Waals surface area (Å²) >= 11 is 0. The minimum absolute atomic E-state index is 0.0616. The van der Waals surface area contributed by atoms with Gasteiger partial charge >= 0.3 is 0 Å². The number of nitrogens with zero attached hydrogens (tertiary/aromatic N) is 1. The summed E-state index contributed by atoms with van der Waals surface area (Å²) in [5, 5.41) is 2.90. The highest BCUT2D eigenvalue weighted by Crippen LogP contribution is 2.28. The van der Waals surface area contributed by atoms with Gasteiger partial charge in [0.15, 0.2) is 0 Å². The molecule has 3 N–H and O–H groups in total. The Kier molecular flexibility index (Phi) is 3.39. The first-order chi connectivity index (χ1) is 7.75. The van der Waals surface area contributed by atoms with E-state index in [0.29, 0.717) is 11.4 Å². The van der Waals surface area contributed by atoms with Crippen LogP contribution in [0.3, 0.4) is 0 Å². The van der Waals surface area contributed by atoms with E-state index < -0.39 is 0 Å². The minimum atomic E-state index is -0.0616. The maximum absolute atomic E-state index is 11.7. The summed E-state index contributed by atoms with van der Waals surface area (Å²) in [5.74, 6) is 1.14. The summed E-state index contributed by atoms with van der Waals surface area (Å²) in [6, 6.07) is 3.27. The Morgan fingerprint density at radius 3 is 3.00 bits per heavy atom. The molecule has 1 fully saturated rings. The fraction of sp³-hybridized carbons (Fsp3) is 0.500. The van der Waals surface area contributed by atoms with Gasteiger partial charge in [-0.3, -0.25) is 4.79 Å². The summed E-state index contributed by atoms with van der Waals surface area (Å²) in [4.78, 5) is 15.5. The van der Waals surface area contributed by atoms with Crippen LogP contribution in [0.15, 0.2) is 18.3 Å². The Bertz CT molecular complexity index is 374. The molecule has 0 spiro atoms. The van der Waals surface area contributed by atoms with Crippen LogP contribution in [0.25, 0.3) is 0 Å². The number of hydrogen-bond acceptors (Lipinski definition) is 3. The first kappa shape index (κ1) is 10.9. The van der Waals surface area contributed by atoms with Crippen molar-refractivity contribution in [3.8, 4) is 0 Å². The van der Waals surface area contributed by atoms with Crippen molar-refractivity contribution in [1.29, 1.82) is 0 Å². The average molecular weight is 219 g/mol. The number of nitrogen functional groups attached to an aromatic ring is 1. The normalized spacial score (nSPS) is 15.5. The Balaban J connectivity index is 1.78. The smallest absolute Gasteiger partial charge is 0.251 e. The first-order valence-corrected chi connectivity index (χ1v) is 5.75. The fourth-order valence-corrected chi connectivity index (χ4v) is 1.86. The van der Waals surface area contributed by atoms with Gasteiger partial charge < -0.3 is 11.1 Å². The molecular formula is C12H17N3O. The van der Waals surface area contributed by atoms with Crippen LogP contribution in [0.1, 0.15) is 36.0 Å². The highest BCUT2D eigenvalue weighted by atomic mass is 16.1. The summed E-state index contributed by atoms with van der Waals surface area (Å²) in [6.45, 7) is 0.756. The Labute approximate surface area is 95.3 Å². The standard InChI is InChI=1S/C12H17N3O/c13-11-8-10(5-7-14-11)12(16)15-6-4-9-2-1-3-9/h5,7-9H,1-4,6H2,(H2,13,14)(H,15,16). The second-order valence-corrected chi connectivity index (χ2v) is 4.31. The van der Waals surface area contributed by atoms with Crippen molar-refractivity contribution in [2.45, 2.75) is 25.7 Å². The zero-order valence-electron chi connectivity index (χ0n) is 9.28. The van der Waals surface area contributed by atoms with Gasteiger partial charge in [0.2, 0.25) is 0 Å². The molecule has 1 saturated carbocycles. The third-order valence-electron chi connectivity index (χ3n) is 3.11. The monoisotopic (exact) mass is 219 g/mol. The average Bonchev–Trinajstić information content (AvgIpc) is 2.21. The molecule has 0 aliphatic heterocycles. The van der Waals surface area contributed by atoms with Gasteiger partial charge in [0.1, 0.15) is 5.82 Å². The van der Waals surface area contributed by atoms with E-state index in [-0.39, 0.29) is 5.91 Å². The Hall–Kier alpha value is -1.58. The van der Waals surface area contributed by atoms with Crippen molar-refractivity contribution in [3.05, 3.63) is 23.9 Å². The van der Waals surface area contributed by atoms with Crippen molar-refractivity contribution >= 4 is 11.7 Å². The molecule has 1 heterocycles. The van der Waals surface area contributed by atoms with Crippen molar-refractivity contribution in [1.82, 2.24) is 10.3 Å². The number of pyridine rings is 1. The second-order valence-electron chi connectivity index (χ2n) is 4.31. The van der Waals surface area contributed by atoms with E-state index in [9.17, 15) is 4.79 Å². The fourth-order valence-electron chi connectivity index (χ4n) is 1.86. The SMILES string of the molecule is Nc1cc(C(=O)NCCC2CCC2)ccn1. The van der Waals surface area contributed by atoms with Gasteiger partial charge in [-0.05, 0) is 24.5 Å². The van der Waals surface area contributed by atoms with E-state index in [2.05, 4.69) is 10.3 Å². The number of nitrogens with one attached hydrogen (secondary N) is 1. The number of nitrogens with two attached hydrogens (primary N) is 1. The van der Waals surface area contributed by atoms with Crippen molar-refractivity contribution in [2.24, 2.45) is 5.92 Å². The van der Waals surface area contributed by atoms with Crippen LogP contribution in [-0.4, -0.2) is 17.4 Å². The van der Waals surface area contributed by atoms with E-state index in [1.165, 1.54) is 19.3 Å². The molecule has 86 valence electrons. The molecule has 0 unspecified atom stereocenters. The van der Waals surface area contributed by atoms with Crippen LogP contribution < -0.4 is 11.1 Å². The lowest BCUT2D eigenvalue weighted by Gasteiger charge is -2.25. The molecule has 1 aromatic heterocycles. The topological polar surface area (TPSA) is 68.0 Å². The quantitative estimate of drug-likeness (QED) is 0.808. The number of carbonyl (C=O) groups is 1. The molecule has 4 nitrogen and oxygen atoms in total. The molecule has 1 aromatic rings. The van der Waals surface area contributed by atoms with Gasteiger partial charge in [-0.25, -0.2) is 4.98 Å². The lowest BCUT2D eigenvalue weighted by molar-refractivity contribution is 0.0949. The summed E-state index contributed by atoms with van der Waals surface area (Å²) in [7, 11) is 0. The maximum Gasteiger partial charge on any atom is 0.251 e. The molecule has 1 aliphatic carbocycles. The molecule has 0 atom stereocenters. The summed E-state index contributed by atoms with van der Waals surface area (Å²) in [6.07, 6.45) is 6.62. The van der Waals surface area contributed by atoms with E-state index in [1.54, 1.807) is 18.3 Å². The number of aromatic nitrogens is 1. The largest absolute Gasteiger partial charge is 0.384 e. The van der Waals surface area contributed by atoms with E-state index in [1.807, 2.05) is 0 Å². The van der Waals surface area contributed by atoms with Crippen molar-refractivity contribution in [3.63, 3.8) is 0 Å². The first-order valence-electron chi connectivity index (χ1n) is 5.75. The number of amides is 1. The van der Waals surface area contributed by atoms with Gasteiger partial charge in [-0.15, -0.1) is 0 Å². The molecule has 2 rings (SSSR count). The molecule has 1 amide bonds. The number of anilines is 1. The molecule has 4 heteroatoms. The van der Waals surface area contributed by atoms with Crippen LogP contribution in [-0.2, 0) is 0 Å². The van der Waals surface area contributed by atoms with Crippen molar-refractivity contribution in [2.75, 3.05) is 12.3 Å². The zero-order valence-corrected chi connectivity index (χ0v) is 9.28. The number of carbonyl (C=O) groups excluding carboxylic acids is 1. The molecule has 0 saturated heterocycles. The third-order valence-corrected chi connectivity index (χ3v) is 3.11. The van der Waals surface area contributed by atoms with Crippen LogP contribution in [0.4, 0.5) is 5.82 Å². The van der Waals surface area contributed by atoms with E-state index in [4.69, 9.17) is 5.73 Å². The van der Waals surface area contributed by atoms with Crippen LogP contribution in [0.2, 0.25) is 0 Å². The molecule has 0 aromatic carbocycles. The van der Waals surface area contributed by atoms with Crippen LogP contribution >= 0.6 is 0 Å². The lowest BCUT2D eigenvalue weighted by Crippen LogP contribution is -2.27. The van der Waals surface area contributed by atoms with E-state index in [0.717, 1.165) is 18.9 Å². The summed E-state index contributed by atoms with van der Waals surface area (Å²) in [5.41, 5.74) is 6.10. The summed E-state index contributed by atoms with van der Waals surface area (Å²) < 4.78 is 0. The number of hydrogen-bond donors (Lipinski definition) is 2. The maximum atomic E-state index is 11.7. The lowest BCUT2D eigenvalue weighted by atomic mass is 9.83. The Morgan fingerprint density at radius 2 is 2.38 bits per heavy atom. The third kappa shape index (κ3) is 2.72. The molecule has 0 radical (unpaired) electrons. The van der Waals surface area contributed by atoms with Gasteiger partial charge in [-0.2, -0.15) is 0 Å². The van der Waals surface area contributed by atoms with Gasteiger partial charge in [0.05, 0.1) is 0 Å². The molecule has 16 heavy (non-hydrogen) atoms. The van der Waals surface area contributed by atoms with Crippen molar-refractivity contribution < 1.29 is 4.79 Å². The zero-order chi connectivity index (χ0) is 11.4. The van der Waals surface area contributed by atoms with E-state index >= 15 is 0 Å². The van der Waals surface area contributed by atoms with Crippen LogP contribution in [0, 0.1) is 5.92 Å². The molecular weight excluding hydrogens is 202 g/mol. The van der Waals surface area contributed by atoms with Gasteiger partial charge in [0, 0.05) is 18.3 Å². The Morgan fingerprint density at radius 1 is 1.56 bits per heavy atom.